The first-order chi connectivity index (χ1) is 10.3. The fourth-order valence-electron chi connectivity index (χ4n) is 1.91. The second kappa shape index (κ2) is 6.52. The van der Waals surface area contributed by atoms with E-state index >= 15 is 0 Å². The van der Waals surface area contributed by atoms with Gasteiger partial charge in [-0.05, 0) is 30.7 Å². The molecule has 0 bridgehead atoms. The maximum atomic E-state index is 12.0. The van der Waals surface area contributed by atoms with Crippen molar-refractivity contribution in [2.24, 2.45) is 0 Å². The van der Waals surface area contributed by atoms with E-state index in [1.165, 1.54) is 19.9 Å². The number of carbonyl (C=O) groups excluding carboxylic acids is 2. The fraction of sp³-hybridized carbons (Fsp3) is 0.375. The van der Waals surface area contributed by atoms with Crippen LogP contribution in [0.5, 0.6) is 5.75 Å². The monoisotopic (exact) mass is 368 g/mol. The molecule has 6 heteroatoms. The molecule has 0 unspecified atom stereocenters. The number of ether oxygens (including phenoxy) is 3. The Labute approximate surface area is 137 Å². The molecule has 0 spiro atoms. The lowest BCUT2D eigenvalue weighted by atomic mass is 10.1. The molecule has 0 atom stereocenters. The van der Waals surface area contributed by atoms with Crippen molar-refractivity contribution < 1.29 is 23.8 Å². The number of benzene rings is 1. The van der Waals surface area contributed by atoms with E-state index in [1.807, 2.05) is 13.0 Å². The van der Waals surface area contributed by atoms with Gasteiger partial charge in [0.25, 0.3) is 5.79 Å². The average Bonchev–Trinajstić information content (AvgIpc) is 2.41. The molecule has 118 valence electrons. The Morgan fingerprint density at radius 3 is 2.45 bits per heavy atom. The first kappa shape index (κ1) is 16.5. The highest BCUT2D eigenvalue weighted by atomic mass is 79.9. The molecule has 1 aliphatic rings. The second-order valence-corrected chi connectivity index (χ2v) is 6.18. The van der Waals surface area contributed by atoms with Gasteiger partial charge < -0.3 is 14.2 Å². The van der Waals surface area contributed by atoms with Gasteiger partial charge >= 0.3 is 11.9 Å². The minimum Gasteiger partial charge on any atom is -0.493 e. The Morgan fingerprint density at radius 2 is 1.86 bits per heavy atom. The van der Waals surface area contributed by atoms with Crippen LogP contribution in [0.15, 0.2) is 28.2 Å². The van der Waals surface area contributed by atoms with Gasteiger partial charge in [0.1, 0.15) is 11.3 Å². The van der Waals surface area contributed by atoms with Crippen LogP contribution in [0, 0.1) is 0 Å². The molecular weight excluding hydrogens is 352 g/mol. The lowest BCUT2D eigenvalue weighted by molar-refractivity contribution is -0.222. The number of hydrogen-bond acceptors (Lipinski definition) is 5. The first-order valence-electron chi connectivity index (χ1n) is 6.93. The number of hydrogen-bond donors (Lipinski definition) is 0. The molecule has 0 saturated carbocycles. The van der Waals surface area contributed by atoms with Crippen LogP contribution in [0.2, 0.25) is 0 Å². The molecule has 0 radical (unpaired) electrons. The number of esters is 2. The van der Waals surface area contributed by atoms with Crippen LogP contribution >= 0.6 is 15.9 Å². The molecule has 1 aliphatic heterocycles. The minimum absolute atomic E-state index is 0.154. The quantitative estimate of drug-likeness (QED) is 0.462. The summed E-state index contributed by atoms with van der Waals surface area (Å²) in [6.07, 6.45) is 2.28. The molecule has 1 aromatic carbocycles. The van der Waals surface area contributed by atoms with Crippen molar-refractivity contribution in [3.8, 4) is 5.75 Å². The lowest BCUT2D eigenvalue weighted by Crippen LogP contribution is -2.41. The number of cyclic esters (lactones) is 2. The fourth-order valence-corrected chi connectivity index (χ4v) is 2.29. The first-order valence-corrected chi connectivity index (χ1v) is 7.72. The van der Waals surface area contributed by atoms with Gasteiger partial charge in [-0.15, -0.1) is 0 Å². The van der Waals surface area contributed by atoms with Gasteiger partial charge in [-0.3, -0.25) is 0 Å². The molecule has 1 aromatic rings. The van der Waals surface area contributed by atoms with E-state index in [1.54, 1.807) is 12.1 Å². The molecule has 1 fully saturated rings. The van der Waals surface area contributed by atoms with E-state index in [0.717, 1.165) is 10.9 Å². The summed E-state index contributed by atoms with van der Waals surface area (Å²) in [5.74, 6) is -2.07. The van der Waals surface area contributed by atoms with Crippen molar-refractivity contribution >= 4 is 33.9 Å². The molecular formula is C16H17BrO5. The summed E-state index contributed by atoms with van der Waals surface area (Å²) in [7, 11) is 0. The standard InChI is InChI=1S/C16H17BrO5/c1-4-7-20-13-6-5-11(17)8-10(13)9-12-14(18)21-16(2,3)22-15(12)19/h5-6,8-9H,4,7H2,1-3H3. The van der Waals surface area contributed by atoms with Crippen LogP contribution in [0.3, 0.4) is 0 Å². The molecule has 2 rings (SSSR count). The van der Waals surface area contributed by atoms with E-state index in [2.05, 4.69) is 15.9 Å². The lowest BCUT2D eigenvalue weighted by Gasteiger charge is -2.29. The highest BCUT2D eigenvalue weighted by molar-refractivity contribution is 9.10. The van der Waals surface area contributed by atoms with E-state index in [4.69, 9.17) is 14.2 Å². The van der Waals surface area contributed by atoms with Gasteiger partial charge in [0.05, 0.1) is 6.61 Å². The Kier molecular flexibility index (Phi) is 4.90. The Balaban J connectivity index is 2.37. The van der Waals surface area contributed by atoms with Gasteiger partial charge in [0.15, 0.2) is 0 Å². The predicted octanol–water partition coefficient (Wildman–Crippen LogP) is 3.46. The van der Waals surface area contributed by atoms with Gasteiger partial charge in [0, 0.05) is 23.9 Å². The summed E-state index contributed by atoms with van der Waals surface area (Å²) in [6, 6.07) is 5.36. The molecule has 1 heterocycles. The van der Waals surface area contributed by atoms with E-state index in [9.17, 15) is 9.59 Å². The average molecular weight is 369 g/mol. The third kappa shape index (κ3) is 3.88. The topological polar surface area (TPSA) is 61.8 Å². The molecule has 1 saturated heterocycles. The van der Waals surface area contributed by atoms with Crippen molar-refractivity contribution in [2.75, 3.05) is 6.61 Å². The molecule has 0 aliphatic carbocycles. The zero-order valence-corrected chi connectivity index (χ0v) is 14.2. The van der Waals surface area contributed by atoms with E-state index < -0.39 is 17.7 Å². The van der Waals surface area contributed by atoms with Crippen molar-refractivity contribution in [2.45, 2.75) is 33.0 Å². The third-order valence-corrected chi connectivity index (χ3v) is 3.34. The van der Waals surface area contributed by atoms with Crippen LogP contribution < -0.4 is 4.74 Å². The zero-order chi connectivity index (χ0) is 16.3. The third-order valence-electron chi connectivity index (χ3n) is 2.85. The molecule has 0 aromatic heterocycles. The summed E-state index contributed by atoms with van der Waals surface area (Å²) in [5.41, 5.74) is 0.449. The number of carbonyl (C=O) groups is 2. The van der Waals surface area contributed by atoms with Crippen LogP contribution in [-0.4, -0.2) is 24.3 Å². The highest BCUT2D eigenvalue weighted by Gasteiger charge is 2.38. The summed E-state index contributed by atoms with van der Waals surface area (Å²) in [6.45, 7) is 5.55. The summed E-state index contributed by atoms with van der Waals surface area (Å²) >= 11 is 3.36. The van der Waals surface area contributed by atoms with Gasteiger partial charge in [-0.25, -0.2) is 9.59 Å². The summed E-state index contributed by atoms with van der Waals surface area (Å²) < 4.78 is 16.6. The Morgan fingerprint density at radius 1 is 1.23 bits per heavy atom. The van der Waals surface area contributed by atoms with Crippen LogP contribution in [-0.2, 0) is 19.1 Å². The van der Waals surface area contributed by atoms with Gasteiger partial charge in [0.2, 0.25) is 0 Å². The second-order valence-electron chi connectivity index (χ2n) is 5.27. The van der Waals surface area contributed by atoms with Crippen molar-refractivity contribution in [1.29, 1.82) is 0 Å². The largest absolute Gasteiger partial charge is 0.493 e. The minimum atomic E-state index is -1.25. The molecule has 22 heavy (non-hydrogen) atoms. The van der Waals surface area contributed by atoms with Crippen LogP contribution in [0.1, 0.15) is 32.8 Å². The van der Waals surface area contributed by atoms with E-state index in [0.29, 0.717) is 17.9 Å². The summed E-state index contributed by atoms with van der Waals surface area (Å²) in [4.78, 5) is 24.0. The van der Waals surface area contributed by atoms with Crippen LogP contribution in [0.25, 0.3) is 6.08 Å². The van der Waals surface area contributed by atoms with E-state index in [-0.39, 0.29) is 5.57 Å². The van der Waals surface area contributed by atoms with Crippen molar-refractivity contribution in [3.05, 3.63) is 33.8 Å². The van der Waals surface area contributed by atoms with Gasteiger partial charge in [-0.2, -0.15) is 0 Å². The molecule has 5 nitrogen and oxygen atoms in total. The Bertz CT molecular complexity index is 611. The van der Waals surface area contributed by atoms with Crippen LogP contribution in [0.4, 0.5) is 0 Å². The number of rotatable bonds is 4. The SMILES string of the molecule is CCCOc1ccc(Br)cc1C=C1C(=O)OC(C)(C)OC1=O. The number of halogens is 1. The van der Waals surface area contributed by atoms with Crippen molar-refractivity contribution in [1.82, 2.24) is 0 Å². The zero-order valence-electron chi connectivity index (χ0n) is 12.6. The molecule has 0 N–H and O–H groups in total. The Hall–Kier alpha value is -1.82. The van der Waals surface area contributed by atoms with Crippen molar-refractivity contribution in [3.63, 3.8) is 0 Å². The summed E-state index contributed by atoms with van der Waals surface area (Å²) in [5, 5.41) is 0. The maximum absolute atomic E-state index is 12.0. The molecule has 0 amide bonds. The maximum Gasteiger partial charge on any atom is 0.348 e. The smallest absolute Gasteiger partial charge is 0.348 e. The highest BCUT2D eigenvalue weighted by Crippen LogP contribution is 2.29. The predicted molar refractivity (Wildman–Crippen MR) is 84.2 cm³/mol. The normalized spacial score (nSPS) is 16.8. The van der Waals surface area contributed by atoms with Gasteiger partial charge in [-0.1, -0.05) is 22.9 Å².